The van der Waals surface area contributed by atoms with Crippen molar-refractivity contribution < 1.29 is 37.7 Å². The Morgan fingerprint density at radius 1 is 0.926 bits per heavy atom. The Balaban J connectivity index is 1.12. The summed E-state index contributed by atoms with van der Waals surface area (Å²) in [6.45, 7) is 11.5. The molecule has 0 radical (unpaired) electrons. The quantitative estimate of drug-likeness (QED) is 0.240. The van der Waals surface area contributed by atoms with E-state index in [4.69, 9.17) is 42.1 Å². The predicted molar refractivity (Wildman–Crippen MR) is 204 cm³/mol. The number of carbonyl (C=O) groups is 3. The van der Waals surface area contributed by atoms with Crippen LogP contribution in [0.5, 0.6) is 5.75 Å². The monoisotopic (exact) mass is 782 g/mol. The lowest BCUT2D eigenvalue weighted by atomic mass is 9.96. The van der Waals surface area contributed by atoms with Crippen LogP contribution in [0.4, 0.5) is 20.6 Å². The van der Waals surface area contributed by atoms with E-state index in [9.17, 15) is 14.4 Å². The molecule has 0 N–H and O–H groups in total. The van der Waals surface area contributed by atoms with E-state index in [2.05, 4.69) is 9.80 Å². The van der Waals surface area contributed by atoms with Crippen molar-refractivity contribution in [2.24, 2.45) is 0 Å². The molecule has 0 aliphatic carbocycles. The number of amides is 2. The Morgan fingerprint density at radius 2 is 1.61 bits per heavy atom. The van der Waals surface area contributed by atoms with Gasteiger partial charge in [-0.3, -0.25) is 4.79 Å². The van der Waals surface area contributed by atoms with E-state index < -0.39 is 23.3 Å². The predicted octanol–water partition coefficient (Wildman–Crippen LogP) is 7.78. The average Bonchev–Trinajstić information content (AvgIpc) is 3.36. The molecule has 14 heteroatoms. The van der Waals surface area contributed by atoms with E-state index in [1.165, 1.54) is 18.1 Å². The zero-order valence-corrected chi connectivity index (χ0v) is 32.8. The summed E-state index contributed by atoms with van der Waals surface area (Å²) in [5.41, 5.74) is 2.49. The molecule has 3 fully saturated rings. The largest absolute Gasteiger partial charge is 0.472 e. The van der Waals surface area contributed by atoms with Gasteiger partial charge in [-0.15, -0.1) is 0 Å². The highest BCUT2D eigenvalue weighted by atomic mass is 35.5. The summed E-state index contributed by atoms with van der Waals surface area (Å²) in [5, 5.41) is 0.377. The van der Waals surface area contributed by atoms with E-state index in [0.717, 1.165) is 18.5 Å². The Morgan fingerprint density at radius 3 is 2.26 bits per heavy atom. The number of fused-ring (bicyclic) bond motifs is 3. The minimum Gasteiger partial charge on any atom is -0.472 e. The van der Waals surface area contributed by atoms with E-state index >= 15 is 4.39 Å². The van der Waals surface area contributed by atoms with Gasteiger partial charge in [-0.2, -0.15) is 0 Å². The molecule has 0 spiro atoms. The van der Waals surface area contributed by atoms with Crippen LogP contribution in [0.1, 0.15) is 73.7 Å². The number of morpholine rings is 1. The zero-order chi connectivity index (χ0) is 38.6. The summed E-state index contributed by atoms with van der Waals surface area (Å²) >= 11 is 13.6. The van der Waals surface area contributed by atoms with E-state index in [1.807, 2.05) is 40.7 Å². The number of anilines is 2. The lowest BCUT2D eigenvalue weighted by molar-refractivity contribution is 0.0130. The first-order valence-electron chi connectivity index (χ1n) is 18.2. The molecule has 2 bridgehead atoms. The van der Waals surface area contributed by atoms with Gasteiger partial charge in [0.15, 0.2) is 6.73 Å². The average molecular weight is 784 g/mol. The number of methoxy groups -OCH3 is 1. The number of rotatable bonds is 5. The molecule has 3 saturated heterocycles. The van der Waals surface area contributed by atoms with Crippen molar-refractivity contribution in [1.82, 2.24) is 9.80 Å². The molecule has 4 aliphatic rings. The van der Waals surface area contributed by atoms with Crippen LogP contribution in [0.25, 0.3) is 11.1 Å². The van der Waals surface area contributed by atoms with Crippen LogP contribution in [-0.2, 0) is 20.8 Å². The van der Waals surface area contributed by atoms with Crippen molar-refractivity contribution in [3.8, 4) is 16.9 Å². The summed E-state index contributed by atoms with van der Waals surface area (Å²) < 4.78 is 38.6. The van der Waals surface area contributed by atoms with Crippen LogP contribution in [0, 0.1) is 5.82 Å². The number of esters is 1. The molecule has 4 atom stereocenters. The van der Waals surface area contributed by atoms with Gasteiger partial charge < -0.3 is 38.5 Å². The summed E-state index contributed by atoms with van der Waals surface area (Å²) in [6.07, 6.45) is 1.46. The second-order valence-electron chi connectivity index (χ2n) is 15.5. The van der Waals surface area contributed by atoms with Gasteiger partial charge in [0.1, 0.15) is 17.2 Å². The fourth-order valence-corrected chi connectivity index (χ4v) is 8.68. The van der Waals surface area contributed by atoms with E-state index in [-0.39, 0.29) is 70.3 Å². The molecule has 3 aromatic carbocycles. The number of nitrogens with zero attached hydrogens (tertiary/aromatic N) is 4. The number of hydrogen-bond acceptors (Lipinski definition) is 9. The van der Waals surface area contributed by atoms with Crippen molar-refractivity contribution in [1.29, 1.82) is 0 Å². The lowest BCUT2D eigenvalue weighted by Gasteiger charge is -2.45. The van der Waals surface area contributed by atoms with Gasteiger partial charge in [0.2, 0.25) is 0 Å². The van der Waals surface area contributed by atoms with Crippen molar-refractivity contribution in [3.63, 3.8) is 0 Å². The molecular formula is C40H45Cl2FN4O7. The standard InChI is InChI=1S/C40H45Cl2FN4O7/c1-22-17-46(39(50)54-40(3,4)5)23(2)16-45(22)27-12-31(41)35(32(42)13-27)37(48)44-18-24-8-7-9-28(36(24)53-21-44)29-15-34(30(14-33(29)43)38(49)51-6)47-25-10-11-26(47)20-52-19-25/h7-9,12-15,22-23,25-26H,10-11,16-21H2,1-6H3. The molecule has 4 unspecified atom stereocenters. The minimum absolute atomic E-state index is 0.0695. The molecule has 2 amide bonds. The van der Waals surface area contributed by atoms with Gasteiger partial charge in [0, 0.05) is 47.6 Å². The molecule has 11 nitrogen and oxygen atoms in total. The third kappa shape index (κ3) is 7.15. The lowest BCUT2D eigenvalue weighted by Crippen LogP contribution is -2.59. The number of halogens is 3. The number of hydrogen-bond donors (Lipinski definition) is 0. The summed E-state index contributed by atoms with van der Waals surface area (Å²) in [6, 6.07) is 11.7. The van der Waals surface area contributed by atoms with Crippen molar-refractivity contribution in [2.75, 3.05) is 49.9 Å². The van der Waals surface area contributed by atoms with Gasteiger partial charge in [0.25, 0.3) is 5.91 Å². The first-order chi connectivity index (χ1) is 25.6. The van der Waals surface area contributed by atoms with Crippen LogP contribution in [0.15, 0.2) is 42.5 Å². The van der Waals surface area contributed by atoms with Crippen molar-refractivity contribution in [3.05, 3.63) is 75.0 Å². The summed E-state index contributed by atoms with van der Waals surface area (Å²) in [4.78, 5) is 47.2. The zero-order valence-electron chi connectivity index (χ0n) is 31.3. The topological polar surface area (TPSA) is 101 Å². The second-order valence-corrected chi connectivity index (χ2v) is 16.3. The Bertz CT molecular complexity index is 1950. The van der Waals surface area contributed by atoms with Crippen molar-refractivity contribution >= 4 is 52.5 Å². The third-order valence-electron chi connectivity index (χ3n) is 10.6. The maximum atomic E-state index is 16.0. The first kappa shape index (κ1) is 38.0. The highest BCUT2D eigenvalue weighted by Crippen LogP contribution is 2.44. The summed E-state index contributed by atoms with van der Waals surface area (Å²) in [7, 11) is 1.28. The fourth-order valence-electron chi connectivity index (χ4n) is 8.04. The van der Waals surface area contributed by atoms with Crippen LogP contribution in [0.2, 0.25) is 10.0 Å². The van der Waals surface area contributed by atoms with Crippen LogP contribution < -0.4 is 14.5 Å². The highest BCUT2D eigenvalue weighted by molar-refractivity contribution is 6.40. The number of piperazine rings is 1. The molecule has 54 heavy (non-hydrogen) atoms. The molecular weight excluding hydrogens is 738 g/mol. The van der Waals surface area contributed by atoms with Crippen LogP contribution in [-0.4, -0.2) is 97.7 Å². The normalized spacial score (nSPS) is 22.5. The maximum Gasteiger partial charge on any atom is 0.410 e. The fraction of sp³-hybridized carbons (Fsp3) is 0.475. The van der Waals surface area contributed by atoms with E-state index in [0.29, 0.717) is 48.9 Å². The third-order valence-corrected chi connectivity index (χ3v) is 11.2. The van der Waals surface area contributed by atoms with Crippen LogP contribution in [0.3, 0.4) is 0 Å². The molecule has 0 saturated carbocycles. The van der Waals surface area contributed by atoms with Gasteiger partial charge in [-0.25, -0.2) is 14.0 Å². The van der Waals surface area contributed by atoms with E-state index in [1.54, 1.807) is 35.2 Å². The molecule has 7 rings (SSSR count). The Hall–Kier alpha value is -4.26. The minimum atomic E-state index is -0.614. The molecule has 3 aromatic rings. The van der Waals surface area contributed by atoms with Crippen LogP contribution >= 0.6 is 23.2 Å². The number of carbonyl (C=O) groups excluding carboxylic acids is 3. The number of para-hydroxylation sites is 1. The van der Waals surface area contributed by atoms with Gasteiger partial charge in [-0.05, 0) is 71.7 Å². The Labute approximate surface area is 324 Å². The molecule has 4 aliphatic heterocycles. The van der Waals surface area contributed by atoms with Gasteiger partial charge >= 0.3 is 12.1 Å². The van der Waals surface area contributed by atoms with Gasteiger partial charge in [0.05, 0.1) is 65.8 Å². The SMILES string of the molecule is COC(=O)c1cc(F)c(-c2cccc3c2OCN(C(=O)c2c(Cl)cc(N4CC(C)N(C(=O)OC(C)(C)C)CC4C)cc2Cl)C3)cc1N1C2CCC1COC2. The molecule has 4 heterocycles. The smallest absolute Gasteiger partial charge is 0.410 e. The molecule has 0 aromatic heterocycles. The Kier molecular flexibility index (Phi) is 10.4. The van der Waals surface area contributed by atoms with Crippen molar-refractivity contribution in [2.45, 2.75) is 83.8 Å². The number of ether oxygens (including phenoxy) is 4. The second kappa shape index (κ2) is 14.8. The first-order valence-corrected chi connectivity index (χ1v) is 19.0. The molecule has 288 valence electrons. The number of benzene rings is 3. The summed E-state index contributed by atoms with van der Waals surface area (Å²) in [5.74, 6) is -1.17. The highest BCUT2D eigenvalue weighted by Gasteiger charge is 2.40. The van der Waals surface area contributed by atoms with Gasteiger partial charge in [-0.1, -0.05) is 41.4 Å². The maximum absolute atomic E-state index is 16.0.